The van der Waals surface area contributed by atoms with Gasteiger partial charge < -0.3 is 10.2 Å². The van der Waals surface area contributed by atoms with Crippen LogP contribution < -0.4 is 5.32 Å². The fraction of sp³-hybridized carbons (Fsp3) is 1.00. The summed E-state index contributed by atoms with van der Waals surface area (Å²) < 4.78 is 0. The van der Waals surface area contributed by atoms with Gasteiger partial charge in [0.1, 0.15) is 0 Å². The van der Waals surface area contributed by atoms with Crippen molar-refractivity contribution in [2.75, 3.05) is 19.6 Å². The molecule has 2 rings (SSSR count). The van der Waals surface area contributed by atoms with E-state index in [1.165, 1.54) is 71.0 Å². The molecule has 0 spiro atoms. The Kier molecular flexibility index (Phi) is 5.97. The van der Waals surface area contributed by atoms with E-state index in [0.29, 0.717) is 0 Å². The normalized spacial score (nSPS) is 24.3. The van der Waals surface area contributed by atoms with Crippen LogP contribution in [0.1, 0.15) is 65.2 Å². The molecule has 1 aliphatic heterocycles. The molecule has 0 aromatic carbocycles. The van der Waals surface area contributed by atoms with Crippen LogP contribution in [0, 0.1) is 5.92 Å². The Morgan fingerprint density at radius 2 is 1.83 bits per heavy atom. The topological polar surface area (TPSA) is 15.3 Å². The quantitative estimate of drug-likeness (QED) is 0.666. The fourth-order valence-electron chi connectivity index (χ4n) is 3.07. The second-order valence-corrected chi connectivity index (χ2v) is 6.51. The van der Waals surface area contributed by atoms with Gasteiger partial charge >= 0.3 is 0 Å². The van der Waals surface area contributed by atoms with Crippen LogP contribution in [0.3, 0.4) is 0 Å². The summed E-state index contributed by atoms with van der Waals surface area (Å²) in [5, 5.41) is 3.77. The van der Waals surface area contributed by atoms with E-state index >= 15 is 0 Å². The van der Waals surface area contributed by atoms with Gasteiger partial charge in [-0.25, -0.2) is 0 Å². The summed E-state index contributed by atoms with van der Waals surface area (Å²) >= 11 is 0. The Balaban J connectivity index is 1.56. The molecule has 0 aromatic heterocycles. The standard InChI is InChI=1S/C16H32N2/c1-3-4-5-6-14(2)18-11-9-16(10-12-18)17-13-15-7-8-15/h14-17H,3-13H2,1-2H3. The van der Waals surface area contributed by atoms with Crippen LogP contribution in [0.5, 0.6) is 0 Å². The summed E-state index contributed by atoms with van der Waals surface area (Å²) in [6.45, 7) is 8.64. The van der Waals surface area contributed by atoms with Gasteiger partial charge in [-0.05, 0) is 64.6 Å². The smallest absolute Gasteiger partial charge is 0.00915 e. The fourth-order valence-corrected chi connectivity index (χ4v) is 3.07. The number of hydrogen-bond donors (Lipinski definition) is 1. The average molecular weight is 252 g/mol. The van der Waals surface area contributed by atoms with Crippen molar-refractivity contribution < 1.29 is 0 Å². The molecule has 2 fully saturated rings. The monoisotopic (exact) mass is 252 g/mol. The van der Waals surface area contributed by atoms with Gasteiger partial charge in [-0.1, -0.05) is 26.2 Å². The number of piperidine rings is 1. The lowest BCUT2D eigenvalue weighted by Crippen LogP contribution is -2.46. The van der Waals surface area contributed by atoms with Gasteiger partial charge in [0.25, 0.3) is 0 Å². The molecule has 2 heteroatoms. The van der Waals surface area contributed by atoms with Gasteiger partial charge in [-0.3, -0.25) is 0 Å². The lowest BCUT2D eigenvalue weighted by molar-refractivity contribution is 0.144. The van der Waals surface area contributed by atoms with Gasteiger partial charge in [0.05, 0.1) is 0 Å². The predicted octanol–water partition coefficient (Wildman–Crippen LogP) is 3.42. The second-order valence-electron chi connectivity index (χ2n) is 6.51. The molecule has 18 heavy (non-hydrogen) atoms. The van der Waals surface area contributed by atoms with E-state index in [2.05, 4.69) is 24.1 Å². The third-order valence-corrected chi connectivity index (χ3v) is 4.77. The van der Waals surface area contributed by atoms with Gasteiger partial charge in [-0.15, -0.1) is 0 Å². The minimum atomic E-state index is 0.806. The molecule has 0 amide bonds. The summed E-state index contributed by atoms with van der Waals surface area (Å²) in [4.78, 5) is 2.71. The van der Waals surface area contributed by atoms with E-state index in [0.717, 1.165) is 18.0 Å². The van der Waals surface area contributed by atoms with Crippen molar-refractivity contribution in [3.05, 3.63) is 0 Å². The van der Waals surface area contributed by atoms with Gasteiger partial charge in [0, 0.05) is 12.1 Å². The summed E-state index contributed by atoms with van der Waals surface area (Å²) in [7, 11) is 0. The maximum absolute atomic E-state index is 3.77. The van der Waals surface area contributed by atoms with Crippen molar-refractivity contribution in [1.29, 1.82) is 0 Å². The first-order valence-electron chi connectivity index (χ1n) is 8.27. The Bertz CT molecular complexity index is 217. The zero-order chi connectivity index (χ0) is 12.8. The molecular weight excluding hydrogens is 220 g/mol. The number of unbranched alkanes of at least 4 members (excludes halogenated alkanes) is 2. The van der Waals surface area contributed by atoms with Crippen molar-refractivity contribution in [3.63, 3.8) is 0 Å². The maximum atomic E-state index is 3.77. The molecule has 106 valence electrons. The van der Waals surface area contributed by atoms with Crippen LogP contribution >= 0.6 is 0 Å². The Labute approximate surface area is 114 Å². The number of hydrogen-bond acceptors (Lipinski definition) is 2. The molecule has 1 aliphatic carbocycles. The Morgan fingerprint density at radius 1 is 1.11 bits per heavy atom. The second kappa shape index (κ2) is 7.49. The van der Waals surface area contributed by atoms with E-state index in [1.807, 2.05) is 0 Å². The van der Waals surface area contributed by atoms with Crippen LogP contribution in [0.4, 0.5) is 0 Å². The van der Waals surface area contributed by atoms with Crippen molar-refractivity contribution in [3.8, 4) is 0 Å². The molecule has 1 heterocycles. The van der Waals surface area contributed by atoms with E-state index in [9.17, 15) is 0 Å². The summed E-state index contributed by atoms with van der Waals surface area (Å²) in [6, 6.07) is 1.62. The number of rotatable bonds is 8. The lowest BCUT2D eigenvalue weighted by Gasteiger charge is -2.36. The van der Waals surface area contributed by atoms with Gasteiger partial charge in [0.15, 0.2) is 0 Å². The minimum absolute atomic E-state index is 0.806. The van der Waals surface area contributed by atoms with E-state index in [4.69, 9.17) is 0 Å². The number of nitrogens with one attached hydrogen (secondary N) is 1. The maximum Gasteiger partial charge on any atom is 0.00915 e. The largest absolute Gasteiger partial charge is 0.314 e. The molecule has 0 aromatic rings. The van der Waals surface area contributed by atoms with Gasteiger partial charge in [-0.2, -0.15) is 0 Å². The van der Waals surface area contributed by atoms with E-state index in [1.54, 1.807) is 0 Å². The highest BCUT2D eigenvalue weighted by Crippen LogP contribution is 2.28. The first-order valence-corrected chi connectivity index (χ1v) is 8.27. The Hall–Kier alpha value is -0.0800. The summed E-state index contributed by atoms with van der Waals surface area (Å²) in [5.74, 6) is 1.02. The summed E-state index contributed by atoms with van der Waals surface area (Å²) in [6.07, 6.45) is 11.2. The van der Waals surface area contributed by atoms with E-state index < -0.39 is 0 Å². The van der Waals surface area contributed by atoms with Crippen LogP contribution in [0.15, 0.2) is 0 Å². The van der Waals surface area contributed by atoms with Crippen molar-refractivity contribution in [1.82, 2.24) is 10.2 Å². The molecule has 1 saturated heterocycles. The van der Waals surface area contributed by atoms with Gasteiger partial charge in [0.2, 0.25) is 0 Å². The SMILES string of the molecule is CCCCCC(C)N1CCC(NCC2CC2)CC1. The lowest BCUT2D eigenvalue weighted by atomic mass is 10.0. The highest BCUT2D eigenvalue weighted by atomic mass is 15.2. The molecule has 2 nitrogen and oxygen atoms in total. The third-order valence-electron chi connectivity index (χ3n) is 4.77. The molecule has 1 atom stereocenters. The van der Waals surface area contributed by atoms with Crippen molar-refractivity contribution in [2.45, 2.75) is 77.3 Å². The molecule has 0 bridgehead atoms. The molecule has 0 radical (unpaired) electrons. The third kappa shape index (κ3) is 4.89. The first kappa shape index (κ1) is 14.3. The van der Waals surface area contributed by atoms with Crippen LogP contribution in [-0.2, 0) is 0 Å². The van der Waals surface area contributed by atoms with Crippen molar-refractivity contribution >= 4 is 0 Å². The predicted molar refractivity (Wildman–Crippen MR) is 78.9 cm³/mol. The van der Waals surface area contributed by atoms with Crippen LogP contribution in [-0.4, -0.2) is 36.6 Å². The minimum Gasteiger partial charge on any atom is -0.314 e. The highest BCUT2D eigenvalue weighted by Gasteiger charge is 2.25. The molecule has 2 aliphatic rings. The first-order chi connectivity index (χ1) is 8.79. The van der Waals surface area contributed by atoms with Crippen molar-refractivity contribution in [2.24, 2.45) is 5.92 Å². The number of nitrogens with zero attached hydrogens (tertiary/aromatic N) is 1. The zero-order valence-electron chi connectivity index (χ0n) is 12.5. The van der Waals surface area contributed by atoms with Crippen LogP contribution in [0.2, 0.25) is 0 Å². The molecule has 1 unspecified atom stereocenters. The Morgan fingerprint density at radius 3 is 2.44 bits per heavy atom. The highest BCUT2D eigenvalue weighted by molar-refractivity contribution is 4.83. The number of likely N-dealkylation sites (tertiary alicyclic amines) is 1. The molecular formula is C16H32N2. The molecule has 1 saturated carbocycles. The summed E-state index contributed by atoms with van der Waals surface area (Å²) in [5.41, 5.74) is 0. The van der Waals surface area contributed by atoms with Crippen LogP contribution in [0.25, 0.3) is 0 Å². The zero-order valence-corrected chi connectivity index (χ0v) is 12.5. The van der Waals surface area contributed by atoms with E-state index in [-0.39, 0.29) is 0 Å². The molecule has 1 N–H and O–H groups in total. The average Bonchev–Trinajstić information content (AvgIpc) is 3.21.